The molecule has 0 aromatic heterocycles. The Bertz CT molecular complexity index is 2220. The number of phenols is 2. The summed E-state index contributed by atoms with van der Waals surface area (Å²) in [5, 5.41) is 29.1. The van der Waals surface area contributed by atoms with E-state index in [4.69, 9.17) is 9.47 Å². The molecule has 278 valence electrons. The van der Waals surface area contributed by atoms with Crippen LogP contribution in [0.15, 0.2) is 109 Å². The van der Waals surface area contributed by atoms with Gasteiger partial charge in [0.1, 0.15) is 23.0 Å². The minimum atomic E-state index is 0.264. The van der Waals surface area contributed by atoms with Crippen molar-refractivity contribution in [2.75, 3.05) is 13.2 Å². The van der Waals surface area contributed by atoms with E-state index < -0.39 is 0 Å². The summed E-state index contributed by atoms with van der Waals surface area (Å²) in [4.78, 5) is 0. The topological polar surface area (TPSA) is 58.9 Å². The molecule has 7 aromatic rings. The normalized spacial score (nSPS) is 12.8. The third-order valence-corrected chi connectivity index (χ3v) is 11.3. The van der Waals surface area contributed by atoms with E-state index in [0.717, 1.165) is 89.7 Å². The molecule has 2 N–H and O–H groups in total. The van der Waals surface area contributed by atoms with Gasteiger partial charge in [-0.1, -0.05) is 115 Å². The van der Waals surface area contributed by atoms with E-state index in [1.165, 1.54) is 38.5 Å². The van der Waals surface area contributed by atoms with E-state index in [9.17, 15) is 10.2 Å². The van der Waals surface area contributed by atoms with Crippen LogP contribution in [0.4, 0.5) is 0 Å². The van der Waals surface area contributed by atoms with Gasteiger partial charge in [-0.05, 0) is 151 Å². The van der Waals surface area contributed by atoms with Crippen molar-refractivity contribution in [3.63, 3.8) is 0 Å². The van der Waals surface area contributed by atoms with Crippen LogP contribution in [0.1, 0.15) is 79.1 Å². The zero-order valence-corrected chi connectivity index (χ0v) is 32.3. The predicted octanol–water partition coefficient (Wildman–Crippen LogP) is 14.2. The molecule has 0 saturated carbocycles. The van der Waals surface area contributed by atoms with Crippen molar-refractivity contribution in [3.05, 3.63) is 109 Å². The van der Waals surface area contributed by atoms with Gasteiger partial charge in [0.15, 0.2) is 0 Å². The molecule has 0 aliphatic rings. The number of ether oxygens (including phenoxy) is 2. The summed E-state index contributed by atoms with van der Waals surface area (Å²) in [5.74, 6) is 3.32. The molecular formula is C50H54O4. The number of phenolic OH excluding ortho intramolecular Hbond substituents is 2. The molecule has 0 radical (unpaired) electrons. The summed E-state index contributed by atoms with van der Waals surface area (Å²) in [6, 6.07) is 37.4. The fourth-order valence-electron chi connectivity index (χ4n) is 7.99. The molecular weight excluding hydrogens is 665 g/mol. The molecule has 7 aromatic carbocycles. The molecule has 0 spiro atoms. The Hall–Kier alpha value is -5.22. The van der Waals surface area contributed by atoms with Gasteiger partial charge in [0.05, 0.1) is 13.2 Å². The lowest BCUT2D eigenvalue weighted by Crippen LogP contribution is -2.11. The number of aromatic hydroxyl groups is 2. The first-order valence-corrected chi connectivity index (χ1v) is 20.1. The van der Waals surface area contributed by atoms with E-state index in [0.29, 0.717) is 25.0 Å². The van der Waals surface area contributed by atoms with E-state index in [-0.39, 0.29) is 11.5 Å². The molecule has 4 heteroatoms. The lowest BCUT2D eigenvalue weighted by atomic mass is 9.85. The minimum Gasteiger partial charge on any atom is -0.508 e. The smallest absolute Gasteiger partial charge is 0.119 e. The average molecular weight is 719 g/mol. The Morgan fingerprint density at radius 2 is 0.852 bits per heavy atom. The molecule has 0 aliphatic carbocycles. The van der Waals surface area contributed by atoms with Crippen molar-refractivity contribution >= 4 is 43.1 Å². The largest absolute Gasteiger partial charge is 0.508 e. The maximum Gasteiger partial charge on any atom is 0.119 e. The highest BCUT2D eigenvalue weighted by Gasteiger charge is 2.20. The lowest BCUT2D eigenvalue weighted by molar-refractivity contribution is 0.233. The van der Waals surface area contributed by atoms with Gasteiger partial charge in [-0.2, -0.15) is 0 Å². The second-order valence-corrected chi connectivity index (χ2v) is 15.1. The number of unbranched alkanes of at least 4 members (excludes halogenated alkanes) is 2. The minimum absolute atomic E-state index is 0.264. The van der Waals surface area contributed by atoms with Gasteiger partial charge in [-0.15, -0.1) is 0 Å². The van der Waals surface area contributed by atoms with Crippen molar-refractivity contribution < 1.29 is 19.7 Å². The van der Waals surface area contributed by atoms with Gasteiger partial charge in [0, 0.05) is 0 Å². The zero-order chi connectivity index (χ0) is 37.6. The first-order chi connectivity index (χ1) is 26.4. The van der Waals surface area contributed by atoms with Crippen LogP contribution in [0, 0.1) is 11.8 Å². The van der Waals surface area contributed by atoms with Crippen LogP contribution in [-0.4, -0.2) is 23.4 Å². The summed E-state index contributed by atoms with van der Waals surface area (Å²) in [5.41, 5.74) is 4.51. The second kappa shape index (κ2) is 16.8. The van der Waals surface area contributed by atoms with Crippen molar-refractivity contribution in [3.8, 4) is 45.3 Å². The van der Waals surface area contributed by atoms with Crippen LogP contribution in [0.3, 0.4) is 0 Å². The zero-order valence-electron chi connectivity index (χ0n) is 32.3. The average Bonchev–Trinajstić information content (AvgIpc) is 3.19. The SMILES string of the molecule is CCCCC(CC)COc1ccc2c(-c3ccc4cc(O)ccc4c3)c3cc(OCC(CC)CCCC)ccc3c(-c3ccc4cc(O)ccc4c3)c2c1. The quantitative estimate of drug-likeness (QED) is 0.0977. The third-order valence-electron chi connectivity index (χ3n) is 11.3. The molecule has 0 saturated heterocycles. The first-order valence-electron chi connectivity index (χ1n) is 20.1. The van der Waals surface area contributed by atoms with E-state index in [2.05, 4.69) is 100 Å². The Balaban J connectivity index is 1.46. The number of hydrogen-bond donors (Lipinski definition) is 2. The fraction of sp³-hybridized carbons (Fsp3) is 0.320. The van der Waals surface area contributed by atoms with Gasteiger partial charge >= 0.3 is 0 Å². The van der Waals surface area contributed by atoms with Crippen LogP contribution in [-0.2, 0) is 0 Å². The van der Waals surface area contributed by atoms with Gasteiger partial charge in [-0.25, -0.2) is 0 Å². The molecule has 0 heterocycles. The predicted molar refractivity (Wildman–Crippen MR) is 228 cm³/mol. The van der Waals surface area contributed by atoms with E-state index >= 15 is 0 Å². The first kappa shape index (κ1) is 37.1. The lowest BCUT2D eigenvalue weighted by Gasteiger charge is -2.21. The highest BCUT2D eigenvalue weighted by molar-refractivity contribution is 6.22. The molecule has 2 unspecified atom stereocenters. The summed E-state index contributed by atoms with van der Waals surface area (Å²) in [6.45, 7) is 10.4. The molecule has 0 bridgehead atoms. The molecule has 0 aliphatic heterocycles. The number of benzene rings is 7. The molecule has 54 heavy (non-hydrogen) atoms. The third kappa shape index (κ3) is 7.99. The molecule has 4 nitrogen and oxygen atoms in total. The second-order valence-electron chi connectivity index (χ2n) is 15.1. The number of rotatable bonds is 16. The van der Waals surface area contributed by atoms with Gasteiger partial charge in [0.25, 0.3) is 0 Å². The Kier molecular flexibility index (Phi) is 11.6. The highest BCUT2D eigenvalue weighted by Crippen LogP contribution is 2.47. The molecule has 7 rings (SSSR count). The summed E-state index contributed by atoms with van der Waals surface area (Å²) in [7, 11) is 0. The number of fused-ring (bicyclic) bond motifs is 4. The Labute approximate surface area is 320 Å². The van der Waals surface area contributed by atoms with Gasteiger partial charge in [-0.3, -0.25) is 0 Å². The van der Waals surface area contributed by atoms with E-state index in [1.807, 2.05) is 24.3 Å². The van der Waals surface area contributed by atoms with Crippen LogP contribution in [0.25, 0.3) is 65.3 Å². The highest BCUT2D eigenvalue weighted by atomic mass is 16.5. The van der Waals surface area contributed by atoms with Crippen LogP contribution in [0.2, 0.25) is 0 Å². The molecule has 0 amide bonds. The fourth-order valence-corrected chi connectivity index (χ4v) is 7.99. The van der Waals surface area contributed by atoms with Crippen LogP contribution in [0.5, 0.6) is 23.0 Å². The summed E-state index contributed by atoms with van der Waals surface area (Å²) >= 11 is 0. The summed E-state index contributed by atoms with van der Waals surface area (Å²) in [6.07, 6.45) is 9.37. The Morgan fingerprint density at radius 1 is 0.444 bits per heavy atom. The number of hydrogen-bond acceptors (Lipinski definition) is 4. The maximum absolute atomic E-state index is 10.2. The van der Waals surface area contributed by atoms with Crippen molar-refractivity contribution in [1.29, 1.82) is 0 Å². The van der Waals surface area contributed by atoms with Gasteiger partial charge < -0.3 is 19.7 Å². The Morgan fingerprint density at radius 3 is 1.26 bits per heavy atom. The maximum atomic E-state index is 10.2. The molecule has 2 atom stereocenters. The monoisotopic (exact) mass is 718 g/mol. The van der Waals surface area contributed by atoms with Crippen molar-refractivity contribution in [1.82, 2.24) is 0 Å². The standard InChI is InChI=1S/C50H54O4/c1-5-9-11-33(7-3)31-53-43-21-23-45-47(29-43)49(39-15-13-37-27-41(51)19-17-35(37)25-39)46-24-22-44(54-32-34(8-4)12-10-6-2)30-48(46)50(45)40-16-14-38-28-42(52)20-18-36(38)26-40/h13-30,33-34,51-52H,5-12,31-32H2,1-4H3. The van der Waals surface area contributed by atoms with Crippen molar-refractivity contribution in [2.45, 2.75) is 79.1 Å². The van der Waals surface area contributed by atoms with E-state index in [1.54, 1.807) is 12.1 Å². The van der Waals surface area contributed by atoms with Crippen LogP contribution >= 0.6 is 0 Å². The van der Waals surface area contributed by atoms with Gasteiger partial charge in [0.2, 0.25) is 0 Å². The van der Waals surface area contributed by atoms with Crippen molar-refractivity contribution in [2.24, 2.45) is 11.8 Å². The van der Waals surface area contributed by atoms with Crippen LogP contribution < -0.4 is 9.47 Å². The molecule has 0 fully saturated rings. The summed E-state index contributed by atoms with van der Waals surface area (Å²) < 4.78 is 13.2.